The van der Waals surface area contributed by atoms with E-state index < -0.39 is 24.0 Å². The third-order valence-electron chi connectivity index (χ3n) is 3.41. The number of halogens is 1. The summed E-state index contributed by atoms with van der Waals surface area (Å²) in [5.74, 6) is -1.71. The molecule has 0 saturated heterocycles. The number of nitrogens with zero attached hydrogens (tertiary/aromatic N) is 1. The van der Waals surface area contributed by atoms with Gasteiger partial charge in [0.05, 0.1) is 6.07 Å². The molecule has 0 radical (unpaired) electrons. The number of nitrogens with one attached hydrogen (secondary N) is 1. The number of esters is 1. The van der Waals surface area contributed by atoms with Gasteiger partial charge in [-0.15, -0.1) is 0 Å². The topological polar surface area (TPSA) is 79.2 Å². The molecular weight excluding hydrogens is 299 g/mol. The number of nitriles is 1. The van der Waals surface area contributed by atoms with Crippen molar-refractivity contribution in [3.63, 3.8) is 0 Å². The van der Waals surface area contributed by atoms with Crippen LogP contribution in [0.3, 0.4) is 0 Å². The first-order valence-electron chi connectivity index (χ1n) is 7.09. The first kappa shape index (κ1) is 18.4. The maximum Gasteiger partial charge on any atom is 0.331 e. The standard InChI is InChI=1S/C17H19FN2O3/c1-12(2)17(3,11-19)20-15(21)10-23-16(22)9-6-13-4-7-14(18)8-5-13/h4-9,12H,10H2,1-3H3,(H,20,21)/b9-6+/t17-/m1/s1. The quantitative estimate of drug-likeness (QED) is 0.645. The molecule has 6 heteroatoms. The van der Waals surface area contributed by atoms with Gasteiger partial charge in [-0.25, -0.2) is 9.18 Å². The molecule has 0 aliphatic heterocycles. The maximum absolute atomic E-state index is 12.7. The molecule has 1 N–H and O–H groups in total. The number of benzene rings is 1. The van der Waals surface area contributed by atoms with E-state index in [9.17, 15) is 14.0 Å². The Morgan fingerprint density at radius 3 is 2.52 bits per heavy atom. The van der Waals surface area contributed by atoms with Crippen LogP contribution in [0.2, 0.25) is 0 Å². The first-order chi connectivity index (χ1) is 10.8. The van der Waals surface area contributed by atoms with E-state index in [1.807, 2.05) is 6.07 Å². The monoisotopic (exact) mass is 318 g/mol. The van der Waals surface area contributed by atoms with E-state index in [4.69, 9.17) is 10.00 Å². The number of amides is 1. The average molecular weight is 318 g/mol. The van der Waals surface area contributed by atoms with Crippen molar-refractivity contribution in [3.05, 3.63) is 41.7 Å². The molecule has 0 spiro atoms. The van der Waals surface area contributed by atoms with Gasteiger partial charge in [-0.05, 0) is 36.6 Å². The minimum Gasteiger partial charge on any atom is -0.452 e. The summed E-state index contributed by atoms with van der Waals surface area (Å²) in [6, 6.07) is 7.59. The summed E-state index contributed by atoms with van der Waals surface area (Å²) < 4.78 is 17.5. The Bertz CT molecular complexity index is 632. The predicted octanol–water partition coefficient (Wildman–Crippen LogP) is 2.44. The number of carbonyl (C=O) groups is 2. The fraction of sp³-hybridized carbons (Fsp3) is 0.353. The largest absolute Gasteiger partial charge is 0.452 e. The van der Waals surface area contributed by atoms with E-state index in [-0.39, 0.29) is 11.7 Å². The number of carbonyl (C=O) groups excluding carboxylic acids is 2. The lowest BCUT2D eigenvalue weighted by molar-refractivity contribution is -0.144. The zero-order chi connectivity index (χ0) is 17.5. The second-order valence-corrected chi connectivity index (χ2v) is 5.51. The molecule has 0 unspecified atom stereocenters. The summed E-state index contributed by atoms with van der Waals surface area (Å²) >= 11 is 0. The van der Waals surface area contributed by atoms with Gasteiger partial charge in [0.1, 0.15) is 11.4 Å². The van der Waals surface area contributed by atoms with Crippen LogP contribution >= 0.6 is 0 Å². The van der Waals surface area contributed by atoms with Gasteiger partial charge >= 0.3 is 5.97 Å². The lowest BCUT2D eigenvalue weighted by Crippen LogP contribution is -2.50. The Balaban J connectivity index is 2.48. The first-order valence-corrected chi connectivity index (χ1v) is 7.09. The summed E-state index contributed by atoms with van der Waals surface area (Å²) in [5, 5.41) is 11.6. The van der Waals surface area contributed by atoms with Gasteiger partial charge in [-0.3, -0.25) is 4.79 Å². The Hall–Kier alpha value is -2.68. The SMILES string of the molecule is CC(C)[C@@](C)(C#N)NC(=O)COC(=O)/C=C/c1ccc(F)cc1. The molecule has 1 aromatic rings. The van der Waals surface area contributed by atoms with Crippen LogP contribution in [0.25, 0.3) is 6.08 Å². The maximum atomic E-state index is 12.7. The van der Waals surface area contributed by atoms with E-state index in [0.717, 1.165) is 6.08 Å². The van der Waals surface area contributed by atoms with Crippen LogP contribution in [0.4, 0.5) is 4.39 Å². The van der Waals surface area contributed by atoms with Crippen molar-refractivity contribution in [1.29, 1.82) is 5.26 Å². The number of ether oxygens (including phenoxy) is 1. The van der Waals surface area contributed by atoms with E-state index >= 15 is 0 Å². The van der Waals surface area contributed by atoms with Crippen LogP contribution in [-0.4, -0.2) is 24.0 Å². The second-order valence-electron chi connectivity index (χ2n) is 5.51. The van der Waals surface area contributed by atoms with Gasteiger partial charge in [0.2, 0.25) is 0 Å². The Morgan fingerprint density at radius 2 is 2.00 bits per heavy atom. The molecule has 0 aliphatic carbocycles. The number of rotatable bonds is 6. The molecule has 1 aromatic carbocycles. The van der Waals surface area contributed by atoms with Crippen molar-refractivity contribution in [1.82, 2.24) is 5.32 Å². The molecule has 0 bridgehead atoms. The van der Waals surface area contributed by atoms with Crippen molar-refractivity contribution in [2.45, 2.75) is 26.3 Å². The highest BCUT2D eigenvalue weighted by Crippen LogP contribution is 2.14. The molecule has 5 nitrogen and oxygen atoms in total. The molecule has 1 rings (SSSR count). The van der Waals surface area contributed by atoms with E-state index in [1.165, 1.54) is 30.3 Å². The van der Waals surface area contributed by atoms with Gasteiger partial charge in [0.25, 0.3) is 5.91 Å². The van der Waals surface area contributed by atoms with Crippen molar-refractivity contribution in [2.24, 2.45) is 5.92 Å². The summed E-state index contributed by atoms with van der Waals surface area (Å²) in [5.41, 5.74) is -0.391. The fourth-order valence-electron chi connectivity index (χ4n) is 1.55. The van der Waals surface area contributed by atoms with Crippen molar-refractivity contribution >= 4 is 18.0 Å². The fourth-order valence-corrected chi connectivity index (χ4v) is 1.55. The van der Waals surface area contributed by atoms with Crippen LogP contribution in [-0.2, 0) is 14.3 Å². The number of hydrogen-bond acceptors (Lipinski definition) is 4. The lowest BCUT2D eigenvalue weighted by atomic mass is 9.90. The molecule has 122 valence electrons. The molecule has 0 saturated carbocycles. The number of hydrogen-bond donors (Lipinski definition) is 1. The average Bonchev–Trinajstić information content (AvgIpc) is 2.52. The summed E-state index contributed by atoms with van der Waals surface area (Å²) in [4.78, 5) is 23.3. The lowest BCUT2D eigenvalue weighted by Gasteiger charge is -2.27. The van der Waals surface area contributed by atoms with Crippen LogP contribution in [0.1, 0.15) is 26.3 Å². The summed E-state index contributed by atoms with van der Waals surface area (Å²) in [7, 11) is 0. The zero-order valence-corrected chi connectivity index (χ0v) is 13.3. The smallest absolute Gasteiger partial charge is 0.331 e. The van der Waals surface area contributed by atoms with E-state index in [0.29, 0.717) is 5.56 Å². The third kappa shape index (κ3) is 5.91. The highest BCUT2D eigenvalue weighted by Gasteiger charge is 2.30. The highest BCUT2D eigenvalue weighted by atomic mass is 19.1. The van der Waals surface area contributed by atoms with E-state index in [2.05, 4.69) is 5.32 Å². The molecule has 0 aromatic heterocycles. The highest BCUT2D eigenvalue weighted by molar-refractivity contribution is 5.89. The normalized spacial score (nSPS) is 13.4. The molecule has 0 fully saturated rings. The van der Waals surface area contributed by atoms with Gasteiger partial charge < -0.3 is 10.1 Å². The van der Waals surface area contributed by atoms with Crippen LogP contribution in [0, 0.1) is 23.1 Å². The Kier molecular flexibility index (Phi) is 6.46. The summed E-state index contributed by atoms with van der Waals surface area (Å²) in [6.45, 7) is 4.74. The molecule has 1 amide bonds. The zero-order valence-electron chi connectivity index (χ0n) is 13.3. The van der Waals surface area contributed by atoms with Crippen LogP contribution in [0.15, 0.2) is 30.3 Å². The Labute approximate surface area is 134 Å². The molecule has 0 aliphatic rings. The van der Waals surface area contributed by atoms with Gasteiger partial charge in [-0.2, -0.15) is 5.26 Å². The second kappa shape index (κ2) is 8.08. The minimum absolute atomic E-state index is 0.0921. The Morgan fingerprint density at radius 1 is 1.39 bits per heavy atom. The summed E-state index contributed by atoms with van der Waals surface area (Å²) in [6.07, 6.45) is 2.60. The molecule has 0 heterocycles. The van der Waals surface area contributed by atoms with Crippen LogP contribution in [0.5, 0.6) is 0 Å². The predicted molar refractivity (Wildman–Crippen MR) is 83.4 cm³/mol. The minimum atomic E-state index is -1.02. The van der Waals surface area contributed by atoms with Crippen molar-refractivity contribution in [2.75, 3.05) is 6.61 Å². The van der Waals surface area contributed by atoms with Gasteiger partial charge in [0, 0.05) is 6.08 Å². The molecular formula is C17H19FN2O3. The van der Waals surface area contributed by atoms with E-state index in [1.54, 1.807) is 20.8 Å². The van der Waals surface area contributed by atoms with Gasteiger partial charge in [-0.1, -0.05) is 26.0 Å². The molecule has 1 atom stereocenters. The van der Waals surface area contributed by atoms with Crippen molar-refractivity contribution in [3.8, 4) is 6.07 Å². The van der Waals surface area contributed by atoms with Crippen LogP contribution < -0.4 is 5.32 Å². The molecule has 23 heavy (non-hydrogen) atoms. The third-order valence-corrected chi connectivity index (χ3v) is 3.41. The van der Waals surface area contributed by atoms with Crippen molar-refractivity contribution < 1.29 is 18.7 Å². The van der Waals surface area contributed by atoms with Gasteiger partial charge in [0.15, 0.2) is 6.61 Å².